The van der Waals surface area contributed by atoms with Crippen molar-refractivity contribution >= 4 is 5.69 Å². The van der Waals surface area contributed by atoms with Crippen LogP contribution in [0.2, 0.25) is 0 Å². The zero-order chi connectivity index (χ0) is 14.1. The number of benzene rings is 1. The first-order valence-electron chi connectivity index (χ1n) is 7.41. The number of hydrogen-bond acceptors (Lipinski definition) is 3. The van der Waals surface area contributed by atoms with Gasteiger partial charge in [-0.1, -0.05) is 18.6 Å². The maximum absolute atomic E-state index is 5.96. The smallest absolute Gasteiger partial charge is 0.140 e. The van der Waals surface area contributed by atoms with Gasteiger partial charge in [0, 0.05) is 17.6 Å². The minimum absolute atomic E-state index is 0.317. The lowest BCUT2D eigenvalue weighted by Gasteiger charge is -2.34. The topological polar surface area (TPSA) is 56.7 Å². The van der Waals surface area contributed by atoms with Crippen molar-refractivity contribution in [2.75, 3.05) is 5.73 Å². The van der Waals surface area contributed by atoms with Gasteiger partial charge in [0.2, 0.25) is 0 Å². The van der Waals surface area contributed by atoms with E-state index in [1.807, 2.05) is 18.5 Å². The van der Waals surface area contributed by atoms with Crippen molar-refractivity contribution in [3.05, 3.63) is 42.0 Å². The number of aromatic nitrogens is 3. The third kappa shape index (κ3) is 2.30. The Bertz CT molecular complexity index is 584. The van der Waals surface area contributed by atoms with E-state index in [0.29, 0.717) is 17.9 Å². The van der Waals surface area contributed by atoms with E-state index in [0.717, 1.165) is 11.5 Å². The average Bonchev–Trinajstić information content (AvgIpc) is 2.82. The summed E-state index contributed by atoms with van der Waals surface area (Å²) in [6.45, 7) is 4.34. The number of nitrogens with two attached hydrogens (primary N) is 1. The van der Waals surface area contributed by atoms with Gasteiger partial charge in [-0.2, -0.15) is 0 Å². The summed E-state index contributed by atoms with van der Waals surface area (Å²) in [6, 6.07) is 8.60. The van der Waals surface area contributed by atoms with Crippen molar-refractivity contribution in [2.24, 2.45) is 5.92 Å². The van der Waals surface area contributed by atoms with Crippen molar-refractivity contribution in [2.45, 2.75) is 45.1 Å². The van der Waals surface area contributed by atoms with E-state index in [-0.39, 0.29) is 0 Å². The maximum atomic E-state index is 5.96. The van der Waals surface area contributed by atoms with Crippen molar-refractivity contribution in [3.63, 3.8) is 0 Å². The zero-order valence-electron chi connectivity index (χ0n) is 12.2. The minimum Gasteiger partial charge on any atom is -0.399 e. The van der Waals surface area contributed by atoms with Crippen LogP contribution in [0.4, 0.5) is 5.69 Å². The van der Waals surface area contributed by atoms with E-state index in [1.54, 1.807) is 0 Å². The van der Waals surface area contributed by atoms with Gasteiger partial charge in [-0.3, -0.25) is 0 Å². The van der Waals surface area contributed by atoms with E-state index in [4.69, 9.17) is 5.73 Å². The number of anilines is 1. The molecule has 0 saturated heterocycles. The second kappa shape index (κ2) is 5.27. The first-order valence-corrected chi connectivity index (χ1v) is 7.41. The third-order valence-corrected chi connectivity index (χ3v) is 4.33. The fourth-order valence-corrected chi connectivity index (χ4v) is 3.03. The maximum Gasteiger partial charge on any atom is 0.140 e. The van der Waals surface area contributed by atoms with E-state index in [1.165, 1.54) is 24.8 Å². The minimum atomic E-state index is 0.317. The lowest BCUT2D eigenvalue weighted by Crippen LogP contribution is -2.25. The molecule has 0 amide bonds. The van der Waals surface area contributed by atoms with E-state index >= 15 is 0 Å². The highest BCUT2D eigenvalue weighted by molar-refractivity contribution is 5.43. The summed E-state index contributed by atoms with van der Waals surface area (Å²) in [7, 11) is 0. The average molecular weight is 270 g/mol. The second-order valence-corrected chi connectivity index (χ2v) is 6.03. The zero-order valence-corrected chi connectivity index (χ0v) is 12.2. The predicted molar refractivity (Wildman–Crippen MR) is 80.4 cm³/mol. The molecule has 4 heteroatoms. The molecular weight excluding hydrogens is 248 g/mol. The molecule has 106 valence electrons. The Hall–Kier alpha value is -1.84. The molecule has 2 N–H and O–H groups in total. The first kappa shape index (κ1) is 13.2. The number of rotatable bonds is 4. The van der Waals surface area contributed by atoms with Crippen LogP contribution in [0.3, 0.4) is 0 Å². The van der Waals surface area contributed by atoms with Crippen LogP contribution in [0.15, 0.2) is 30.6 Å². The van der Waals surface area contributed by atoms with Gasteiger partial charge < -0.3 is 10.3 Å². The summed E-state index contributed by atoms with van der Waals surface area (Å²) in [5.74, 6) is 2.06. The highest BCUT2D eigenvalue weighted by Gasteiger charge is 2.33. The first-order chi connectivity index (χ1) is 9.66. The van der Waals surface area contributed by atoms with Crippen molar-refractivity contribution < 1.29 is 0 Å². The van der Waals surface area contributed by atoms with Crippen LogP contribution >= 0.6 is 0 Å². The summed E-state index contributed by atoms with van der Waals surface area (Å²) in [5.41, 5.74) is 8.05. The number of nitrogens with zero attached hydrogens (tertiary/aromatic N) is 3. The van der Waals surface area contributed by atoms with Crippen LogP contribution in [-0.4, -0.2) is 14.8 Å². The monoisotopic (exact) mass is 270 g/mol. The SMILES string of the molecule is CC(C)n1cnnc1C(c1cccc(N)c1)C1CCC1. The Morgan fingerprint density at radius 3 is 2.70 bits per heavy atom. The van der Waals surface area contributed by atoms with Crippen LogP contribution in [0.25, 0.3) is 0 Å². The number of hydrogen-bond donors (Lipinski definition) is 1. The van der Waals surface area contributed by atoms with Crippen LogP contribution in [0, 0.1) is 5.92 Å². The third-order valence-electron chi connectivity index (χ3n) is 4.33. The molecule has 2 aromatic rings. The van der Waals surface area contributed by atoms with Gasteiger partial charge >= 0.3 is 0 Å². The van der Waals surface area contributed by atoms with Crippen molar-refractivity contribution in [1.82, 2.24) is 14.8 Å². The van der Waals surface area contributed by atoms with Gasteiger partial charge in [-0.05, 0) is 50.3 Å². The summed E-state index contributed by atoms with van der Waals surface area (Å²) < 4.78 is 2.19. The highest BCUT2D eigenvalue weighted by Crippen LogP contribution is 2.43. The lowest BCUT2D eigenvalue weighted by molar-refractivity contribution is 0.271. The van der Waals surface area contributed by atoms with Gasteiger partial charge in [0.15, 0.2) is 0 Å². The molecule has 1 atom stereocenters. The lowest BCUT2D eigenvalue weighted by atomic mass is 9.72. The summed E-state index contributed by atoms with van der Waals surface area (Å²) >= 11 is 0. The molecule has 20 heavy (non-hydrogen) atoms. The van der Waals surface area contributed by atoms with Crippen LogP contribution in [-0.2, 0) is 0 Å². The fourth-order valence-electron chi connectivity index (χ4n) is 3.03. The van der Waals surface area contributed by atoms with Crippen LogP contribution < -0.4 is 5.73 Å². The van der Waals surface area contributed by atoms with Gasteiger partial charge in [-0.25, -0.2) is 0 Å². The Labute approximate surface area is 120 Å². The Balaban J connectivity index is 2.04. The normalized spacial score (nSPS) is 17.1. The standard InChI is InChI=1S/C16H22N4/c1-11(2)20-10-18-19-16(20)15(12-5-3-6-12)13-7-4-8-14(17)9-13/h4,7-12,15H,3,5-6,17H2,1-2H3. The molecule has 4 nitrogen and oxygen atoms in total. The molecule has 0 radical (unpaired) electrons. The molecule has 3 rings (SSSR count). The molecule has 1 aliphatic rings. The Morgan fingerprint density at radius 1 is 1.30 bits per heavy atom. The molecule has 0 spiro atoms. The summed E-state index contributed by atoms with van der Waals surface area (Å²) in [6.07, 6.45) is 5.70. The highest BCUT2D eigenvalue weighted by atomic mass is 15.3. The van der Waals surface area contributed by atoms with E-state index < -0.39 is 0 Å². The van der Waals surface area contributed by atoms with Gasteiger partial charge in [0.1, 0.15) is 12.2 Å². The molecule has 0 aliphatic heterocycles. The molecule has 1 aromatic carbocycles. The van der Waals surface area contributed by atoms with Crippen LogP contribution in [0.5, 0.6) is 0 Å². The molecule has 1 aliphatic carbocycles. The van der Waals surface area contributed by atoms with Crippen molar-refractivity contribution in [3.8, 4) is 0 Å². The summed E-state index contributed by atoms with van der Waals surface area (Å²) in [5, 5.41) is 8.55. The molecule has 1 saturated carbocycles. The number of nitrogen functional groups attached to an aromatic ring is 1. The molecule has 1 fully saturated rings. The van der Waals surface area contributed by atoms with Crippen molar-refractivity contribution in [1.29, 1.82) is 0 Å². The van der Waals surface area contributed by atoms with E-state index in [9.17, 15) is 0 Å². The van der Waals surface area contributed by atoms with E-state index in [2.05, 4.69) is 40.7 Å². The van der Waals surface area contributed by atoms with Gasteiger partial charge in [0.05, 0.1) is 0 Å². The molecule has 0 bridgehead atoms. The second-order valence-electron chi connectivity index (χ2n) is 6.03. The molecule has 1 aromatic heterocycles. The molecule has 1 heterocycles. The van der Waals surface area contributed by atoms with Gasteiger partial charge in [0.25, 0.3) is 0 Å². The Kier molecular flexibility index (Phi) is 3.47. The fraction of sp³-hybridized carbons (Fsp3) is 0.500. The molecular formula is C16H22N4. The largest absolute Gasteiger partial charge is 0.399 e. The molecule has 1 unspecified atom stereocenters. The van der Waals surface area contributed by atoms with Crippen LogP contribution in [0.1, 0.15) is 56.5 Å². The summed E-state index contributed by atoms with van der Waals surface area (Å²) in [4.78, 5) is 0. The quantitative estimate of drug-likeness (QED) is 0.866. The predicted octanol–water partition coefficient (Wildman–Crippen LogP) is 3.37. The Morgan fingerprint density at radius 2 is 2.10 bits per heavy atom. The van der Waals surface area contributed by atoms with Gasteiger partial charge in [-0.15, -0.1) is 10.2 Å².